The second kappa shape index (κ2) is 3.31. The van der Waals surface area contributed by atoms with Gasteiger partial charge in [-0.15, -0.1) is 0 Å². The van der Waals surface area contributed by atoms with E-state index in [1.165, 1.54) is 0 Å². The standard InChI is InChI=1S/C11H8ClNO/c12-10-4-3-7-5-9(11(13)14)2-1-8(7)6-10/h1-6H,(H2,13,14). The van der Waals surface area contributed by atoms with Crippen molar-refractivity contribution in [3.8, 4) is 0 Å². The van der Waals surface area contributed by atoms with Gasteiger partial charge in [0.05, 0.1) is 0 Å². The van der Waals surface area contributed by atoms with Crippen LogP contribution >= 0.6 is 11.6 Å². The zero-order valence-electron chi connectivity index (χ0n) is 7.33. The van der Waals surface area contributed by atoms with Crippen LogP contribution in [0.4, 0.5) is 0 Å². The summed E-state index contributed by atoms with van der Waals surface area (Å²) in [6.07, 6.45) is 0. The maximum absolute atomic E-state index is 10.9. The molecule has 2 rings (SSSR count). The molecule has 0 heterocycles. The second-order valence-corrected chi connectivity index (χ2v) is 3.51. The highest BCUT2D eigenvalue weighted by Crippen LogP contribution is 2.20. The molecule has 3 heteroatoms. The molecule has 2 aromatic rings. The maximum Gasteiger partial charge on any atom is 0.248 e. The molecule has 70 valence electrons. The topological polar surface area (TPSA) is 43.1 Å². The van der Waals surface area contributed by atoms with Crippen molar-refractivity contribution in [3.63, 3.8) is 0 Å². The van der Waals surface area contributed by atoms with E-state index in [1.807, 2.05) is 18.2 Å². The fourth-order valence-electron chi connectivity index (χ4n) is 1.37. The molecule has 1 amide bonds. The largest absolute Gasteiger partial charge is 0.366 e. The lowest BCUT2D eigenvalue weighted by Crippen LogP contribution is -2.10. The lowest BCUT2D eigenvalue weighted by Gasteiger charge is -2.00. The summed E-state index contributed by atoms with van der Waals surface area (Å²) < 4.78 is 0. The lowest BCUT2D eigenvalue weighted by atomic mass is 10.1. The number of benzene rings is 2. The molecule has 2 aromatic carbocycles. The van der Waals surface area contributed by atoms with Crippen molar-refractivity contribution in [3.05, 3.63) is 47.0 Å². The van der Waals surface area contributed by atoms with Gasteiger partial charge in [-0.2, -0.15) is 0 Å². The summed E-state index contributed by atoms with van der Waals surface area (Å²) in [4.78, 5) is 10.9. The summed E-state index contributed by atoms with van der Waals surface area (Å²) in [6.45, 7) is 0. The van der Waals surface area contributed by atoms with E-state index in [1.54, 1.807) is 18.2 Å². The third kappa shape index (κ3) is 1.56. The van der Waals surface area contributed by atoms with E-state index in [2.05, 4.69) is 0 Å². The summed E-state index contributed by atoms with van der Waals surface area (Å²) >= 11 is 5.83. The van der Waals surface area contributed by atoms with Crippen LogP contribution in [0, 0.1) is 0 Å². The molecule has 0 aliphatic rings. The molecule has 0 radical (unpaired) electrons. The van der Waals surface area contributed by atoms with Crippen LogP contribution in [0.3, 0.4) is 0 Å². The van der Waals surface area contributed by atoms with Gasteiger partial charge in [0.15, 0.2) is 0 Å². The third-order valence-electron chi connectivity index (χ3n) is 2.09. The Labute approximate surface area is 86.3 Å². The molecule has 14 heavy (non-hydrogen) atoms. The van der Waals surface area contributed by atoms with Crippen LogP contribution < -0.4 is 5.73 Å². The first-order chi connectivity index (χ1) is 6.66. The summed E-state index contributed by atoms with van der Waals surface area (Å²) in [5.74, 6) is -0.415. The zero-order valence-corrected chi connectivity index (χ0v) is 8.08. The van der Waals surface area contributed by atoms with Crippen molar-refractivity contribution in [2.45, 2.75) is 0 Å². The fourth-order valence-corrected chi connectivity index (χ4v) is 1.55. The summed E-state index contributed by atoms with van der Waals surface area (Å²) in [5, 5.41) is 2.65. The normalized spacial score (nSPS) is 10.4. The van der Waals surface area contributed by atoms with Gasteiger partial charge in [0.25, 0.3) is 0 Å². The fraction of sp³-hybridized carbons (Fsp3) is 0. The van der Waals surface area contributed by atoms with Crippen molar-refractivity contribution < 1.29 is 4.79 Å². The second-order valence-electron chi connectivity index (χ2n) is 3.07. The number of hydrogen-bond acceptors (Lipinski definition) is 1. The van der Waals surface area contributed by atoms with Crippen LogP contribution in [-0.4, -0.2) is 5.91 Å². The predicted molar refractivity (Wildman–Crippen MR) is 57.5 cm³/mol. The maximum atomic E-state index is 10.9. The molecule has 0 saturated heterocycles. The lowest BCUT2D eigenvalue weighted by molar-refractivity contribution is 0.100. The van der Waals surface area contributed by atoms with Gasteiger partial charge in [0.2, 0.25) is 5.91 Å². The van der Waals surface area contributed by atoms with Crippen molar-refractivity contribution in [2.24, 2.45) is 5.73 Å². The third-order valence-corrected chi connectivity index (χ3v) is 2.32. The number of halogens is 1. The number of primary amides is 1. The molecule has 0 atom stereocenters. The van der Waals surface area contributed by atoms with E-state index < -0.39 is 5.91 Å². The molecule has 0 aromatic heterocycles. The molecule has 0 bridgehead atoms. The van der Waals surface area contributed by atoms with Crippen molar-refractivity contribution in [2.75, 3.05) is 0 Å². The molecule has 0 unspecified atom stereocenters. The van der Waals surface area contributed by atoms with E-state index in [0.29, 0.717) is 10.6 Å². The van der Waals surface area contributed by atoms with Crippen molar-refractivity contribution in [1.29, 1.82) is 0 Å². The number of hydrogen-bond donors (Lipinski definition) is 1. The van der Waals surface area contributed by atoms with E-state index in [9.17, 15) is 4.79 Å². The Hall–Kier alpha value is -1.54. The number of fused-ring (bicyclic) bond motifs is 1. The Bertz CT molecular complexity index is 508. The minimum atomic E-state index is -0.415. The van der Waals surface area contributed by atoms with Gasteiger partial charge in [0, 0.05) is 10.6 Å². The van der Waals surface area contributed by atoms with Crippen LogP contribution in [0.25, 0.3) is 10.8 Å². The average molecular weight is 206 g/mol. The predicted octanol–water partition coefficient (Wildman–Crippen LogP) is 2.59. The SMILES string of the molecule is NC(=O)c1ccc2cc(Cl)ccc2c1. The summed E-state index contributed by atoms with van der Waals surface area (Å²) in [6, 6.07) is 10.8. The molecule has 0 spiro atoms. The van der Waals surface area contributed by atoms with Crippen LogP contribution in [0.15, 0.2) is 36.4 Å². The van der Waals surface area contributed by atoms with E-state index >= 15 is 0 Å². The van der Waals surface area contributed by atoms with Crippen molar-refractivity contribution >= 4 is 28.3 Å². The van der Waals surface area contributed by atoms with E-state index in [4.69, 9.17) is 17.3 Å². The number of amides is 1. The Morgan fingerprint density at radius 1 is 1.07 bits per heavy atom. The van der Waals surface area contributed by atoms with Crippen molar-refractivity contribution in [1.82, 2.24) is 0 Å². The van der Waals surface area contributed by atoms with Gasteiger partial charge in [-0.05, 0) is 35.0 Å². The average Bonchev–Trinajstić information content (AvgIpc) is 2.16. The van der Waals surface area contributed by atoms with Gasteiger partial charge in [0.1, 0.15) is 0 Å². The molecular formula is C11H8ClNO. The molecule has 0 aliphatic carbocycles. The Kier molecular flexibility index (Phi) is 2.14. The number of rotatable bonds is 1. The highest BCUT2D eigenvalue weighted by atomic mass is 35.5. The molecule has 2 nitrogen and oxygen atoms in total. The highest BCUT2D eigenvalue weighted by Gasteiger charge is 2.01. The monoisotopic (exact) mass is 205 g/mol. The number of nitrogens with two attached hydrogens (primary N) is 1. The van der Waals surface area contributed by atoms with E-state index in [-0.39, 0.29) is 0 Å². The number of carbonyl (C=O) groups is 1. The Balaban J connectivity index is 2.67. The van der Waals surface area contributed by atoms with Crippen LogP contribution in [0.1, 0.15) is 10.4 Å². The van der Waals surface area contributed by atoms with E-state index in [0.717, 1.165) is 10.8 Å². The summed E-state index contributed by atoms with van der Waals surface area (Å²) in [5.41, 5.74) is 5.68. The molecule has 0 aliphatic heterocycles. The first-order valence-electron chi connectivity index (χ1n) is 4.16. The van der Waals surface area contributed by atoms with Gasteiger partial charge in [-0.25, -0.2) is 0 Å². The summed E-state index contributed by atoms with van der Waals surface area (Å²) in [7, 11) is 0. The Morgan fingerprint density at radius 2 is 1.71 bits per heavy atom. The first kappa shape index (κ1) is 9.03. The van der Waals surface area contributed by atoms with Crippen LogP contribution in [0.5, 0.6) is 0 Å². The van der Waals surface area contributed by atoms with Gasteiger partial charge in [-0.3, -0.25) is 4.79 Å². The van der Waals surface area contributed by atoms with Gasteiger partial charge in [-0.1, -0.05) is 23.7 Å². The molecular weight excluding hydrogens is 198 g/mol. The van der Waals surface area contributed by atoms with Gasteiger partial charge < -0.3 is 5.73 Å². The molecule has 2 N–H and O–H groups in total. The van der Waals surface area contributed by atoms with Crippen LogP contribution in [-0.2, 0) is 0 Å². The molecule has 0 fully saturated rings. The smallest absolute Gasteiger partial charge is 0.248 e. The first-order valence-corrected chi connectivity index (χ1v) is 4.54. The molecule has 0 saturated carbocycles. The minimum absolute atomic E-state index is 0.415. The quantitative estimate of drug-likeness (QED) is 0.764. The van der Waals surface area contributed by atoms with Crippen LogP contribution in [0.2, 0.25) is 5.02 Å². The highest BCUT2D eigenvalue weighted by molar-refractivity contribution is 6.31. The number of carbonyl (C=O) groups excluding carboxylic acids is 1. The zero-order chi connectivity index (χ0) is 10.1. The minimum Gasteiger partial charge on any atom is -0.366 e. The van der Waals surface area contributed by atoms with Gasteiger partial charge >= 0.3 is 0 Å². The Morgan fingerprint density at radius 3 is 2.43 bits per heavy atom.